The molecule has 1 aliphatic rings. The Morgan fingerprint density at radius 1 is 1.08 bits per heavy atom. The van der Waals surface area contributed by atoms with Crippen molar-refractivity contribution in [2.45, 2.75) is 71.4 Å². The molecule has 39 heavy (non-hydrogen) atoms. The fourth-order valence-corrected chi connectivity index (χ4v) is 5.15. The van der Waals surface area contributed by atoms with Gasteiger partial charge >= 0.3 is 35.3 Å². The van der Waals surface area contributed by atoms with E-state index < -0.39 is 5.76 Å². The number of unbranched alkanes of at least 4 members (excludes halogenated alkanes) is 1. The molecule has 9 heteroatoms. The van der Waals surface area contributed by atoms with Crippen LogP contribution in [0.3, 0.4) is 0 Å². The number of H-pyrrole nitrogens is 1. The van der Waals surface area contributed by atoms with E-state index in [-0.39, 0.29) is 42.6 Å². The minimum absolute atomic E-state index is 0. The van der Waals surface area contributed by atoms with E-state index in [1.165, 1.54) is 0 Å². The summed E-state index contributed by atoms with van der Waals surface area (Å²) >= 11 is 0. The number of rotatable bonds is 9. The molecule has 1 saturated heterocycles. The quantitative estimate of drug-likeness (QED) is 0.328. The van der Waals surface area contributed by atoms with Gasteiger partial charge in [0, 0.05) is 24.2 Å². The van der Waals surface area contributed by atoms with E-state index in [0.717, 1.165) is 84.5 Å². The Kier molecular flexibility index (Phi) is 10.1. The fourth-order valence-electron chi connectivity index (χ4n) is 5.15. The molecule has 1 unspecified atom stereocenters. The number of nitrogens with zero attached hydrogens (tertiary/aromatic N) is 3. The Hall–Kier alpha value is -2.78. The van der Waals surface area contributed by atoms with Crippen molar-refractivity contribution in [3.8, 4) is 22.5 Å². The number of aromatic nitrogens is 4. The van der Waals surface area contributed by atoms with Gasteiger partial charge in [0.2, 0.25) is 0 Å². The number of aromatic amines is 1. The molecule has 1 fully saturated rings. The van der Waals surface area contributed by atoms with Crippen LogP contribution in [0.25, 0.3) is 22.5 Å². The van der Waals surface area contributed by atoms with Gasteiger partial charge in [0.1, 0.15) is 5.82 Å². The Bertz CT molecular complexity index is 1510. The predicted molar refractivity (Wildman–Crippen MR) is 147 cm³/mol. The first kappa shape index (κ1) is 29.2. The van der Waals surface area contributed by atoms with Crippen LogP contribution in [0.5, 0.6) is 0 Å². The first-order valence-corrected chi connectivity index (χ1v) is 13.5. The zero-order chi connectivity index (χ0) is 26.5. The Morgan fingerprint density at radius 2 is 1.85 bits per heavy atom. The molecule has 2 aromatic heterocycles. The molecular weight excluding hydrogens is 503 g/mol. The number of ether oxygens (including phenoxy) is 1. The standard InChI is InChI=1S/C30H34N4O4.Na.H/c1-3-4-12-27-26(29(35)34(20(2)31-27)19-23-9-7-8-17-37-23)18-21-13-15-22(16-14-21)24-10-5-6-11-25(24)28-32-30(36)38-33-28;;/h5-6,10-11,13-16,23H,3-4,7-9,12,17-19H2,1-2H3,(H,32,33,36);;/q;+1;-1. The Balaban J connectivity index is 0.00000220. The number of hydrogen-bond acceptors (Lipinski definition) is 6. The molecule has 2 aromatic carbocycles. The van der Waals surface area contributed by atoms with Gasteiger partial charge in [0.15, 0.2) is 5.82 Å². The van der Waals surface area contributed by atoms with Gasteiger partial charge in [-0.1, -0.05) is 67.0 Å². The van der Waals surface area contributed by atoms with Crippen molar-refractivity contribution in [3.63, 3.8) is 0 Å². The van der Waals surface area contributed by atoms with Gasteiger partial charge in [-0.3, -0.25) is 18.9 Å². The molecular formula is C30H35N4NaO4. The maximum Gasteiger partial charge on any atom is 1.00 e. The second-order valence-corrected chi connectivity index (χ2v) is 9.96. The zero-order valence-corrected chi connectivity index (χ0v) is 25.0. The molecule has 0 saturated carbocycles. The predicted octanol–water partition coefficient (Wildman–Crippen LogP) is 2.18. The molecule has 3 heterocycles. The van der Waals surface area contributed by atoms with Gasteiger partial charge in [-0.15, -0.1) is 0 Å². The summed E-state index contributed by atoms with van der Waals surface area (Å²) in [7, 11) is 0. The normalized spacial score (nSPS) is 15.2. The van der Waals surface area contributed by atoms with Crippen LogP contribution in [-0.4, -0.2) is 32.4 Å². The number of nitrogens with one attached hydrogen (secondary N) is 1. The van der Waals surface area contributed by atoms with E-state index in [1.54, 1.807) is 0 Å². The molecule has 0 bridgehead atoms. The smallest absolute Gasteiger partial charge is 1.00 e. The van der Waals surface area contributed by atoms with Gasteiger partial charge in [0.25, 0.3) is 5.56 Å². The molecule has 1 atom stereocenters. The molecule has 5 rings (SSSR count). The first-order valence-electron chi connectivity index (χ1n) is 13.5. The second-order valence-electron chi connectivity index (χ2n) is 9.96. The third kappa shape index (κ3) is 6.87. The maximum absolute atomic E-state index is 13.8. The van der Waals surface area contributed by atoms with Crippen molar-refractivity contribution in [1.82, 2.24) is 19.7 Å². The fraction of sp³-hybridized carbons (Fsp3) is 0.400. The van der Waals surface area contributed by atoms with Gasteiger partial charge in [-0.2, -0.15) is 0 Å². The topological polar surface area (TPSA) is 103 Å². The average molecular weight is 539 g/mol. The molecule has 1 N–H and O–H groups in total. The third-order valence-electron chi connectivity index (χ3n) is 7.23. The van der Waals surface area contributed by atoms with Crippen molar-refractivity contribution < 1.29 is 40.2 Å². The van der Waals surface area contributed by atoms with Crippen LogP contribution in [0, 0.1) is 6.92 Å². The van der Waals surface area contributed by atoms with Crippen molar-refractivity contribution in [2.75, 3.05) is 6.61 Å². The van der Waals surface area contributed by atoms with E-state index >= 15 is 0 Å². The largest absolute Gasteiger partial charge is 1.00 e. The van der Waals surface area contributed by atoms with Crippen molar-refractivity contribution in [3.05, 3.63) is 92.1 Å². The number of benzene rings is 2. The van der Waals surface area contributed by atoms with Gasteiger partial charge in [-0.05, 0) is 55.7 Å². The number of hydrogen-bond donors (Lipinski definition) is 1. The summed E-state index contributed by atoms with van der Waals surface area (Å²) in [6, 6.07) is 15.9. The monoisotopic (exact) mass is 538 g/mol. The van der Waals surface area contributed by atoms with E-state index in [9.17, 15) is 9.59 Å². The van der Waals surface area contributed by atoms with E-state index in [1.807, 2.05) is 47.9 Å². The summed E-state index contributed by atoms with van der Waals surface area (Å²) in [5, 5.41) is 3.85. The molecule has 0 amide bonds. The Morgan fingerprint density at radius 3 is 2.51 bits per heavy atom. The summed E-state index contributed by atoms with van der Waals surface area (Å²) in [6.45, 7) is 5.39. The Labute approximate surface area is 251 Å². The minimum atomic E-state index is -0.587. The van der Waals surface area contributed by atoms with Gasteiger partial charge in [0.05, 0.1) is 18.3 Å². The van der Waals surface area contributed by atoms with Crippen molar-refractivity contribution >= 4 is 0 Å². The minimum Gasteiger partial charge on any atom is -1.00 e. The first-order chi connectivity index (χ1) is 18.5. The summed E-state index contributed by atoms with van der Waals surface area (Å²) in [6.07, 6.45) is 6.62. The van der Waals surface area contributed by atoms with Gasteiger partial charge in [-0.25, -0.2) is 9.78 Å². The SMILES string of the molecule is CCCCc1nc(C)n(CC2CCCCO2)c(=O)c1Cc1ccc(-c2ccccc2-c2noc(=O)[nH]2)cc1.[H-].[Na+]. The maximum atomic E-state index is 13.8. The molecule has 8 nitrogen and oxygen atoms in total. The number of aryl methyl sites for hydroxylation is 2. The molecule has 1 aliphatic heterocycles. The van der Waals surface area contributed by atoms with E-state index in [4.69, 9.17) is 14.2 Å². The molecule has 200 valence electrons. The van der Waals surface area contributed by atoms with Crippen LogP contribution in [-0.2, 0) is 24.1 Å². The molecule has 0 aliphatic carbocycles. The van der Waals surface area contributed by atoms with Crippen LogP contribution in [0.4, 0.5) is 0 Å². The van der Waals surface area contributed by atoms with Crippen molar-refractivity contribution in [1.29, 1.82) is 0 Å². The molecule has 4 aromatic rings. The van der Waals surface area contributed by atoms with Crippen LogP contribution in [0.15, 0.2) is 62.6 Å². The van der Waals surface area contributed by atoms with Crippen LogP contribution < -0.4 is 40.9 Å². The van der Waals surface area contributed by atoms with Crippen LogP contribution >= 0.6 is 0 Å². The van der Waals surface area contributed by atoms with Gasteiger partial charge < -0.3 is 6.16 Å². The average Bonchev–Trinajstić information content (AvgIpc) is 3.38. The summed E-state index contributed by atoms with van der Waals surface area (Å²) in [5.74, 6) is 0.566. The van der Waals surface area contributed by atoms with Crippen LogP contribution in [0.1, 0.15) is 63.1 Å². The van der Waals surface area contributed by atoms with E-state index in [2.05, 4.69) is 29.2 Å². The van der Waals surface area contributed by atoms with Crippen LogP contribution in [0.2, 0.25) is 0 Å². The summed E-state index contributed by atoms with van der Waals surface area (Å²) in [5.41, 5.74) is 5.45. The zero-order valence-electron chi connectivity index (χ0n) is 24.0. The molecule has 0 radical (unpaired) electrons. The van der Waals surface area contributed by atoms with E-state index in [0.29, 0.717) is 18.8 Å². The third-order valence-corrected chi connectivity index (χ3v) is 7.23. The second kappa shape index (κ2) is 13.5. The van der Waals surface area contributed by atoms with Crippen molar-refractivity contribution in [2.24, 2.45) is 0 Å². The summed E-state index contributed by atoms with van der Waals surface area (Å²) in [4.78, 5) is 32.8. The summed E-state index contributed by atoms with van der Waals surface area (Å²) < 4.78 is 12.4. The molecule has 0 spiro atoms.